The van der Waals surface area contributed by atoms with Crippen LogP contribution in [0.1, 0.15) is 44.1 Å². The van der Waals surface area contributed by atoms with Gasteiger partial charge in [0.25, 0.3) is 5.91 Å². The number of fused-ring (bicyclic) bond motifs is 1. The average Bonchev–Trinajstić information content (AvgIpc) is 3.37. The molecule has 12 nitrogen and oxygen atoms in total. The molecule has 5 rings (SSSR count). The number of likely N-dealkylation sites (tertiary alicyclic amines) is 1. The van der Waals surface area contributed by atoms with Crippen molar-refractivity contribution in [3.05, 3.63) is 53.2 Å². The smallest absolute Gasteiger partial charge is 0.317 e. The molecule has 1 aromatic heterocycles. The summed E-state index contributed by atoms with van der Waals surface area (Å²) in [6.45, 7) is 7.36. The van der Waals surface area contributed by atoms with Crippen LogP contribution in [0.15, 0.2) is 47.4 Å². The first-order chi connectivity index (χ1) is 20.8. The van der Waals surface area contributed by atoms with Crippen molar-refractivity contribution in [2.45, 2.75) is 56.2 Å². The van der Waals surface area contributed by atoms with Gasteiger partial charge >= 0.3 is 6.03 Å². The number of anilines is 1. The van der Waals surface area contributed by atoms with Crippen LogP contribution in [-0.4, -0.2) is 91.6 Å². The first-order valence-electron chi connectivity index (χ1n) is 14.6. The predicted molar refractivity (Wildman–Crippen MR) is 169 cm³/mol. The molecule has 238 valence electrons. The number of para-hydroxylation sites is 1. The molecule has 14 heteroatoms. The Bertz CT molecular complexity index is 1620. The first-order valence-corrected chi connectivity index (χ1v) is 16.4. The molecule has 3 amide bonds. The van der Waals surface area contributed by atoms with E-state index in [1.807, 2.05) is 51.1 Å². The topological polar surface area (TPSA) is 159 Å². The number of carbonyl (C=O) groups excluding carboxylic acids is 2. The number of rotatable bonds is 8. The maximum atomic E-state index is 14.1. The van der Waals surface area contributed by atoms with Gasteiger partial charge in [0.2, 0.25) is 10.0 Å². The van der Waals surface area contributed by atoms with Crippen molar-refractivity contribution in [1.82, 2.24) is 19.5 Å². The summed E-state index contributed by atoms with van der Waals surface area (Å²) in [7, 11) is -4.21. The number of amides is 3. The van der Waals surface area contributed by atoms with Crippen molar-refractivity contribution in [2.24, 2.45) is 5.73 Å². The normalized spacial score (nSPS) is 18.7. The van der Waals surface area contributed by atoms with Crippen LogP contribution >= 0.6 is 11.6 Å². The molecule has 0 bridgehead atoms. The highest BCUT2D eigenvalue weighted by atomic mass is 35.5. The van der Waals surface area contributed by atoms with Crippen LogP contribution in [0.2, 0.25) is 5.02 Å². The molecule has 1 atom stereocenters. The molecule has 2 aromatic carbocycles. The van der Waals surface area contributed by atoms with Gasteiger partial charge in [-0.1, -0.05) is 29.8 Å². The van der Waals surface area contributed by atoms with Crippen LogP contribution in [0.25, 0.3) is 10.9 Å². The van der Waals surface area contributed by atoms with Crippen LogP contribution in [0.4, 0.5) is 10.5 Å². The Morgan fingerprint density at radius 2 is 1.84 bits per heavy atom. The number of sulfonamides is 1. The zero-order valence-corrected chi connectivity index (χ0v) is 26.6. The van der Waals surface area contributed by atoms with Crippen molar-refractivity contribution in [3.63, 3.8) is 0 Å². The monoisotopic (exact) mass is 646 g/mol. The molecule has 0 radical (unpaired) electrons. The van der Waals surface area contributed by atoms with Crippen molar-refractivity contribution in [3.8, 4) is 5.75 Å². The number of morpholine rings is 1. The summed E-state index contributed by atoms with van der Waals surface area (Å²) >= 11 is 6.51. The van der Waals surface area contributed by atoms with E-state index in [4.69, 9.17) is 26.8 Å². The highest BCUT2D eigenvalue weighted by molar-refractivity contribution is 7.89. The van der Waals surface area contributed by atoms with E-state index in [1.165, 1.54) is 10.4 Å². The zero-order chi connectivity index (χ0) is 31.6. The largest absolute Gasteiger partial charge is 0.491 e. The Morgan fingerprint density at radius 3 is 2.50 bits per heavy atom. The third kappa shape index (κ3) is 7.23. The van der Waals surface area contributed by atoms with E-state index in [9.17, 15) is 18.0 Å². The van der Waals surface area contributed by atoms with Crippen LogP contribution in [-0.2, 0) is 14.8 Å². The number of nitrogens with two attached hydrogens (primary N) is 1. The van der Waals surface area contributed by atoms with E-state index in [0.717, 1.165) is 0 Å². The summed E-state index contributed by atoms with van der Waals surface area (Å²) in [5.41, 5.74) is 6.11. The molecule has 0 aliphatic carbocycles. The van der Waals surface area contributed by atoms with Gasteiger partial charge in [-0.15, -0.1) is 0 Å². The van der Waals surface area contributed by atoms with Gasteiger partial charge in [0.05, 0.1) is 17.8 Å². The minimum Gasteiger partial charge on any atom is -0.491 e. The predicted octanol–water partition coefficient (Wildman–Crippen LogP) is 3.77. The Morgan fingerprint density at radius 1 is 1.14 bits per heavy atom. The fourth-order valence-electron chi connectivity index (χ4n) is 5.49. The first kappa shape index (κ1) is 31.9. The van der Waals surface area contributed by atoms with Crippen molar-refractivity contribution in [1.29, 1.82) is 0 Å². The Hall–Kier alpha value is -3.52. The number of nitrogens with one attached hydrogen (secondary N) is 3. The number of halogens is 1. The zero-order valence-electron chi connectivity index (χ0n) is 25.1. The second-order valence-corrected chi connectivity index (χ2v) is 14.4. The van der Waals surface area contributed by atoms with Gasteiger partial charge in [-0.05, 0) is 57.9 Å². The van der Waals surface area contributed by atoms with Crippen molar-refractivity contribution in [2.75, 3.05) is 44.7 Å². The van der Waals surface area contributed by atoms with E-state index < -0.39 is 22.0 Å². The number of carbonyl (C=O) groups is 2. The maximum Gasteiger partial charge on any atom is 0.317 e. The molecule has 44 heavy (non-hydrogen) atoms. The van der Waals surface area contributed by atoms with Gasteiger partial charge in [0, 0.05) is 48.2 Å². The second kappa shape index (κ2) is 12.8. The number of hydrogen-bond donors (Lipinski definition) is 4. The lowest BCUT2D eigenvalue weighted by atomic mass is 10.0. The molecule has 1 unspecified atom stereocenters. The fraction of sp³-hybridized carbons (Fsp3) is 0.467. The van der Waals surface area contributed by atoms with E-state index in [2.05, 4.69) is 15.6 Å². The van der Waals surface area contributed by atoms with E-state index >= 15 is 0 Å². The highest BCUT2D eigenvalue weighted by Gasteiger charge is 2.37. The molecule has 3 aromatic rings. The van der Waals surface area contributed by atoms with Gasteiger partial charge in [0.15, 0.2) is 0 Å². The van der Waals surface area contributed by atoms with Gasteiger partial charge < -0.3 is 35.7 Å². The Balaban J connectivity index is 1.37. The molecule has 5 N–H and O–H groups in total. The lowest BCUT2D eigenvalue weighted by molar-refractivity contribution is -0.0249. The minimum atomic E-state index is -4.21. The molecular weight excluding hydrogens is 608 g/mol. The highest BCUT2D eigenvalue weighted by Crippen LogP contribution is 2.37. The van der Waals surface area contributed by atoms with Crippen molar-refractivity contribution >= 4 is 50.2 Å². The number of benzene rings is 2. The molecule has 0 spiro atoms. The Kier molecular flexibility index (Phi) is 9.30. The number of nitrogens with zero attached hydrogens (tertiary/aromatic N) is 2. The number of aromatic amines is 1. The number of hydrogen-bond acceptors (Lipinski definition) is 7. The average molecular weight is 647 g/mol. The molecule has 3 heterocycles. The molecule has 2 aliphatic heterocycles. The fourth-order valence-corrected chi connectivity index (χ4v) is 7.49. The minimum absolute atomic E-state index is 0.0136. The summed E-state index contributed by atoms with van der Waals surface area (Å²) in [6, 6.07) is 12.3. The van der Waals surface area contributed by atoms with Gasteiger partial charge in [-0.3, -0.25) is 4.79 Å². The standard InChI is InChI=1S/C30H39ClN6O6S/c1-30(2,3)35-29(39)36-11-9-20(10-12-36)33-24-16-19(31)15-23-25(24)34-26(28(32)38)27(23)44(40,41)37-13-14-42-22(17-37)18-43-21-7-5-4-6-8-21/h4-8,15-16,20,22,33-34H,9-14,17-18H2,1-3H3,(H2,32,38)(H,35,39). The summed E-state index contributed by atoms with van der Waals surface area (Å²) < 4.78 is 41.1. The van der Waals surface area contributed by atoms with Crippen LogP contribution in [0.5, 0.6) is 5.75 Å². The number of aromatic nitrogens is 1. The molecule has 2 aliphatic rings. The lowest BCUT2D eigenvalue weighted by Crippen LogP contribution is -2.51. The second-order valence-electron chi connectivity index (χ2n) is 12.1. The number of piperidine rings is 1. The number of urea groups is 1. The third-order valence-corrected chi connectivity index (χ3v) is 9.74. The van der Waals surface area contributed by atoms with Crippen LogP contribution < -0.4 is 21.1 Å². The van der Waals surface area contributed by atoms with Crippen molar-refractivity contribution < 1.29 is 27.5 Å². The molecule has 2 fully saturated rings. The van der Waals surface area contributed by atoms with Gasteiger partial charge in [-0.25, -0.2) is 13.2 Å². The number of ether oxygens (including phenoxy) is 2. The molecule has 2 saturated heterocycles. The van der Waals surface area contributed by atoms with Gasteiger partial charge in [0.1, 0.15) is 29.0 Å². The van der Waals surface area contributed by atoms with Crippen LogP contribution in [0.3, 0.4) is 0 Å². The van der Waals surface area contributed by atoms with Crippen LogP contribution in [0, 0.1) is 0 Å². The van der Waals surface area contributed by atoms with E-state index in [-0.39, 0.29) is 59.9 Å². The van der Waals surface area contributed by atoms with E-state index in [1.54, 1.807) is 11.0 Å². The molecule has 0 saturated carbocycles. The SMILES string of the molecule is CC(C)(C)NC(=O)N1CCC(Nc2cc(Cl)cc3c(S(=O)(=O)N4CCOC(COc5ccccc5)C4)c(C(N)=O)[nH]c23)CC1. The number of H-pyrrole nitrogens is 1. The third-order valence-electron chi connectivity index (χ3n) is 7.57. The Labute approximate surface area is 262 Å². The summed E-state index contributed by atoms with van der Waals surface area (Å²) in [5.74, 6) is -0.255. The maximum absolute atomic E-state index is 14.1. The lowest BCUT2D eigenvalue weighted by Gasteiger charge is -2.35. The summed E-state index contributed by atoms with van der Waals surface area (Å²) in [5, 5.41) is 7.00. The summed E-state index contributed by atoms with van der Waals surface area (Å²) in [6.07, 6.45) is 0.818. The van der Waals surface area contributed by atoms with E-state index in [0.29, 0.717) is 47.9 Å². The molecular formula is C30H39ClN6O6S. The number of primary amides is 1. The van der Waals surface area contributed by atoms with Gasteiger partial charge in [-0.2, -0.15) is 4.31 Å². The quantitative estimate of drug-likeness (QED) is 0.290. The summed E-state index contributed by atoms with van der Waals surface area (Å²) in [4.78, 5) is 29.7.